The third-order valence-electron chi connectivity index (χ3n) is 11.5. The van der Waals surface area contributed by atoms with Crippen LogP contribution >= 0.6 is 0 Å². The highest BCUT2D eigenvalue weighted by Crippen LogP contribution is 2.30. The van der Waals surface area contributed by atoms with Crippen molar-refractivity contribution in [3.05, 3.63) is 166 Å². The van der Waals surface area contributed by atoms with Crippen molar-refractivity contribution in [3.63, 3.8) is 0 Å². The number of carbonyl (C=O) groups excluding carboxylic acids is 3. The van der Waals surface area contributed by atoms with Crippen LogP contribution in [0.25, 0.3) is 22.0 Å². The number of hydrogen-bond acceptors (Lipinski definition) is 9. The average molecular weight is 865 g/mol. The summed E-state index contributed by atoms with van der Waals surface area (Å²) in [6, 6.07) is 39.4. The zero-order valence-electron chi connectivity index (χ0n) is 36.0. The lowest BCUT2D eigenvalue weighted by Gasteiger charge is -2.31. The first-order chi connectivity index (χ1) is 31.1. The number of phenolic OH excluding ortho intramolecular Hbond substituents is 1. The number of pyridine rings is 1. The molecule has 1 saturated heterocycles. The van der Waals surface area contributed by atoms with E-state index in [-0.39, 0.29) is 48.2 Å². The number of anilines is 1. The molecule has 6 aromatic rings. The van der Waals surface area contributed by atoms with Crippen LogP contribution in [0.4, 0.5) is 10.5 Å². The van der Waals surface area contributed by atoms with Crippen molar-refractivity contribution in [1.82, 2.24) is 25.8 Å². The Morgan fingerprint density at radius 2 is 1.47 bits per heavy atom. The molecule has 1 aliphatic heterocycles. The number of H-pyrrole nitrogens is 1. The number of piperidine rings is 1. The molecule has 2 atom stereocenters. The smallest absolute Gasteiger partial charge is 0.411 e. The van der Waals surface area contributed by atoms with E-state index in [0.717, 1.165) is 46.5 Å². The molecule has 64 heavy (non-hydrogen) atoms. The molecule has 1 fully saturated rings. The van der Waals surface area contributed by atoms with E-state index in [0.29, 0.717) is 67.5 Å². The number of aliphatic hydroxyl groups is 1. The molecule has 1 aliphatic rings. The molecule has 0 bridgehead atoms. The second-order valence-corrected chi connectivity index (χ2v) is 16.4. The van der Waals surface area contributed by atoms with Crippen LogP contribution in [0.15, 0.2) is 132 Å². The molecule has 7 rings (SSSR count). The van der Waals surface area contributed by atoms with Crippen LogP contribution < -0.4 is 26.8 Å². The average Bonchev–Trinajstić information content (AvgIpc) is 3.30. The lowest BCUT2D eigenvalue weighted by molar-refractivity contribution is -0.122. The summed E-state index contributed by atoms with van der Waals surface area (Å²) >= 11 is 0. The minimum atomic E-state index is -0.859. The first-order valence-corrected chi connectivity index (χ1v) is 21.9. The monoisotopic (exact) mass is 864 g/mol. The number of aliphatic hydroxyl groups excluding tert-OH is 1. The van der Waals surface area contributed by atoms with Gasteiger partial charge in [0, 0.05) is 68.7 Å². The third-order valence-corrected chi connectivity index (χ3v) is 11.5. The van der Waals surface area contributed by atoms with Gasteiger partial charge in [-0.05, 0) is 77.8 Å². The Morgan fingerprint density at radius 3 is 2.22 bits per heavy atom. The Morgan fingerprint density at radius 1 is 0.781 bits per heavy atom. The van der Waals surface area contributed by atoms with Gasteiger partial charge >= 0.3 is 6.09 Å². The lowest BCUT2D eigenvalue weighted by atomic mass is 10.0. The van der Waals surface area contributed by atoms with E-state index in [2.05, 4.69) is 31.2 Å². The van der Waals surface area contributed by atoms with Crippen LogP contribution in [0.3, 0.4) is 0 Å². The van der Waals surface area contributed by atoms with E-state index in [1.807, 2.05) is 110 Å². The summed E-state index contributed by atoms with van der Waals surface area (Å²) in [7, 11) is 0. The van der Waals surface area contributed by atoms with E-state index in [1.165, 1.54) is 12.1 Å². The van der Waals surface area contributed by atoms with Gasteiger partial charge in [-0.15, -0.1) is 0 Å². The number of likely N-dealkylation sites (tertiary alicyclic amines) is 1. The standard InChI is InChI=1S/C51H56N6O7/c1-34(52-33-46(59)42-18-20-45(58)50-43(42)19-21-48(61)56-50)28-37-8-7-9-38(29-37)30-49(62)54-32-36-16-14-35(15-17-36)31-53-47(60)24-27-57-25-22-40(23-26-57)64-51(63)55-44-13-6-5-12-41(44)39-10-3-2-4-11-39/h2-21,29,34,40,46,52,58-59H,22-28,30-33H2,1H3,(H,53,60)(H,54,62)(H,55,63)(H,56,61)/t34-,46-/m0/s1. The van der Waals surface area contributed by atoms with Gasteiger partial charge in [0.25, 0.3) is 0 Å². The molecule has 0 spiro atoms. The van der Waals surface area contributed by atoms with Gasteiger partial charge in [-0.2, -0.15) is 0 Å². The van der Waals surface area contributed by atoms with Crippen molar-refractivity contribution in [2.45, 2.75) is 70.4 Å². The van der Waals surface area contributed by atoms with Crippen LogP contribution in [0.1, 0.15) is 60.1 Å². The van der Waals surface area contributed by atoms with E-state index < -0.39 is 12.2 Å². The van der Waals surface area contributed by atoms with E-state index in [9.17, 15) is 29.4 Å². The number of ether oxygens (including phenoxy) is 1. The number of phenols is 1. The molecular weight excluding hydrogens is 809 g/mol. The summed E-state index contributed by atoms with van der Waals surface area (Å²) in [5, 5.41) is 34.0. The van der Waals surface area contributed by atoms with Crippen molar-refractivity contribution in [3.8, 4) is 16.9 Å². The number of amides is 3. The molecule has 332 valence electrons. The molecule has 3 amide bonds. The number of nitrogens with one attached hydrogen (secondary N) is 5. The summed E-state index contributed by atoms with van der Waals surface area (Å²) < 4.78 is 5.76. The van der Waals surface area contributed by atoms with Crippen LogP contribution in [-0.4, -0.2) is 76.3 Å². The Hall–Kier alpha value is -6.80. The van der Waals surface area contributed by atoms with Gasteiger partial charge in [0.05, 0.1) is 23.7 Å². The van der Waals surface area contributed by atoms with Crippen LogP contribution in [0, 0.1) is 0 Å². The highest BCUT2D eigenvalue weighted by molar-refractivity contribution is 5.91. The number of nitrogens with zero attached hydrogens (tertiary/aromatic N) is 1. The van der Waals surface area contributed by atoms with Crippen LogP contribution in [0.2, 0.25) is 0 Å². The molecule has 7 N–H and O–H groups in total. The normalized spacial score (nSPS) is 14.1. The fourth-order valence-corrected chi connectivity index (χ4v) is 8.04. The summed E-state index contributed by atoms with van der Waals surface area (Å²) in [5.41, 5.74) is 7.10. The summed E-state index contributed by atoms with van der Waals surface area (Å²) in [5.74, 6) is -0.170. The zero-order valence-corrected chi connectivity index (χ0v) is 36.0. The van der Waals surface area contributed by atoms with Crippen molar-refractivity contribution < 1.29 is 29.3 Å². The minimum Gasteiger partial charge on any atom is -0.506 e. The van der Waals surface area contributed by atoms with Crippen molar-refractivity contribution in [2.24, 2.45) is 0 Å². The molecule has 0 aliphatic carbocycles. The Balaban J connectivity index is 0.760. The predicted molar refractivity (Wildman–Crippen MR) is 249 cm³/mol. The number of carbonyl (C=O) groups is 3. The molecule has 0 saturated carbocycles. The minimum absolute atomic E-state index is 0.0204. The van der Waals surface area contributed by atoms with Gasteiger partial charge in [0.15, 0.2) is 0 Å². The van der Waals surface area contributed by atoms with Gasteiger partial charge in [0.1, 0.15) is 11.9 Å². The quantitative estimate of drug-likeness (QED) is 0.0492. The third kappa shape index (κ3) is 12.9. The van der Waals surface area contributed by atoms with Gasteiger partial charge in [-0.3, -0.25) is 19.7 Å². The number of aromatic amines is 1. The second-order valence-electron chi connectivity index (χ2n) is 16.4. The van der Waals surface area contributed by atoms with Crippen LogP contribution in [0.5, 0.6) is 5.75 Å². The zero-order chi connectivity index (χ0) is 44.8. The molecular formula is C51H56N6O7. The molecule has 1 aromatic heterocycles. The molecule has 13 nitrogen and oxygen atoms in total. The Bertz CT molecular complexity index is 2570. The summed E-state index contributed by atoms with van der Waals surface area (Å²) in [6.45, 7) is 5.22. The van der Waals surface area contributed by atoms with Gasteiger partial charge in [-0.1, -0.05) is 103 Å². The number of fused-ring (bicyclic) bond motifs is 1. The number of benzene rings is 5. The lowest BCUT2D eigenvalue weighted by Crippen LogP contribution is -2.40. The largest absolute Gasteiger partial charge is 0.506 e. The first kappa shape index (κ1) is 45.2. The summed E-state index contributed by atoms with van der Waals surface area (Å²) in [6.07, 6.45) is 1.20. The maximum absolute atomic E-state index is 12.9. The maximum atomic E-state index is 12.9. The number of rotatable bonds is 18. The van der Waals surface area contributed by atoms with Crippen molar-refractivity contribution in [1.29, 1.82) is 0 Å². The second kappa shape index (κ2) is 22.0. The summed E-state index contributed by atoms with van der Waals surface area (Å²) in [4.78, 5) is 55.0. The molecule has 0 radical (unpaired) electrons. The van der Waals surface area contributed by atoms with E-state index >= 15 is 0 Å². The molecule has 2 heterocycles. The highest BCUT2D eigenvalue weighted by Gasteiger charge is 2.23. The van der Waals surface area contributed by atoms with Crippen molar-refractivity contribution >= 4 is 34.5 Å². The van der Waals surface area contributed by atoms with E-state index in [4.69, 9.17) is 4.74 Å². The van der Waals surface area contributed by atoms with Gasteiger partial charge in [0.2, 0.25) is 17.4 Å². The highest BCUT2D eigenvalue weighted by atomic mass is 16.6. The topological polar surface area (TPSA) is 185 Å². The maximum Gasteiger partial charge on any atom is 0.411 e. The number of para-hydroxylation sites is 1. The molecule has 5 aromatic carbocycles. The van der Waals surface area contributed by atoms with E-state index in [1.54, 1.807) is 12.1 Å². The fraction of sp³-hybridized carbons (Fsp3) is 0.294. The van der Waals surface area contributed by atoms with Crippen molar-refractivity contribution in [2.75, 3.05) is 31.5 Å². The number of aromatic nitrogens is 1. The Labute approximate surface area is 372 Å². The molecule has 13 heteroatoms. The van der Waals surface area contributed by atoms with Crippen LogP contribution in [-0.2, 0) is 40.3 Å². The number of hydrogen-bond donors (Lipinski definition) is 7. The molecule has 0 unspecified atom stereocenters. The fourth-order valence-electron chi connectivity index (χ4n) is 8.04. The predicted octanol–water partition coefficient (Wildman–Crippen LogP) is 6.73. The Kier molecular flexibility index (Phi) is 15.6. The van der Waals surface area contributed by atoms with Gasteiger partial charge in [-0.25, -0.2) is 4.79 Å². The van der Waals surface area contributed by atoms with Gasteiger partial charge < -0.3 is 40.8 Å². The SMILES string of the molecule is C[C@@H](Cc1cccc(CC(=O)NCc2ccc(CNC(=O)CCN3CCC(OC(=O)Nc4ccccc4-c4ccccc4)CC3)cc2)c1)NC[C@H](O)c1ccc(O)c2[nH]c(=O)ccc12. The first-order valence-electron chi connectivity index (χ1n) is 21.9. The number of aromatic hydroxyl groups is 1.